The molecule has 0 atom stereocenters. The fourth-order valence-electron chi connectivity index (χ4n) is 3.73. The van der Waals surface area contributed by atoms with Crippen LogP contribution in [0.1, 0.15) is 29.6 Å². The molecule has 1 fully saturated rings. The van der Waals surface area contributed by atoms with E-state index in [1.165, 1.54) is 23.5 Å². The number of benzene rings is 3. The standard InChI is InChI=1S/C25H26N2O4S2/c1-31-22-15-14-19(18-24(22)33(29,30)27-16-8-3-9-17-27)25(28)26-21-12-6-7-13-23(21)32-20-10-4-2-5-11-20/h2,4-7,10-15,18H,3,8-9,16-17H2,1H3,(H,26,28). The Morgan fingerprint density at radius 3 is 2.36 bits per heavy atom. The predicted octanol–water partition coefficient (Wildman–Crippen LogP) is 5.27. The van der Waals surface area contributed by atoms with Gasteiger partial charge in [-0.05, 0) is 55.3 Å². The van der Waals surface area contributed by atoms with Crippen molar-refractivity contribution in [2.75, 3.05) is 25.5 Å². The number of para-hydroxylation sites is 1. The van der Waals surface area contributed by atoms with Gasteiger partial charge in [0.15, 0.2) is 0 Å². The van der Waals surface area contributed by atoms with Crippen molar-refractivity contribution in [3.8, 4) is 5.75 Å². The highest BCUT2D eigenvalue weighted by atomic mass is 32.2. The first-order valence-electron chi connectivity index (χ1n) is 10.8. The van der Waals surface area contributed by atoms with Crippen molar-refractivity contribution in [1.29, 1.82) is 0 Å². The molecule has 3 aromatic carbocycles. The molecule has 0 saturated carbocycles. The molecule has 1 saturated heterocycles. The van der Waals surface area contributed by atoms with Gasteiger partial charge in [0.2, 0.25) is 10.0 Å². The average molecular weight is 483 g/mol. The molecular weight excluding hydrogens is 456 g/mol. The van der Waals surface area contributed by atoms with Gasteiger partial charge < -0.3 is 10.1 Å². The maximum atomic E-state index is 13.3. The van der Waals surface area contributed by atoms with E-state index >= 15 is 0 Å². The fraction of sp³-hybridized carbons (Fsp3) is 0.240. The van der Waals surface area contributed by atoms with Crippen LogP contribution in [0, 0.1) is 0 Å². The fourth-order valence-corrected chi connectivity index (χ4v) is 6.35. The maximum absolute atomic E-state index is 13.3. The lowest BCUT2D eigenvalue weighted by Gasteiger charge is -2.26. The number of methoxy groups -OCH3 is 1. The minimum absolute atomic E-state index is 0.0199. The van der Waals surface area contributed by atoms with Gasteiger partial charge in [-0.1, -0.05) is 48.5 Å². The summed E-state index contributed by atoms with van der Waals surface area (Å²) in [4.78, 5) is 15.1. The molecule has 0 radical (unpaired) electrons. The molecule has 33 heavy (non-hydrogen) atoms. The molecule has 0 aliphatic carbocycles. The quantitative estimate of drug-likeness (QED) is 0.496. The van der Waals surface area contributed by atoms with Gasteiger partial charge in [-0.2, -0.15) is 4.31 Å². The number of anilines is 1. The minimum atomic E-state index is -3.76. The highest BCUT2D eigenvalue weighted by Crippen LogP contribution is 2.34. The lowest BCUT2D eigenvalue weighted by Crippen LogP contribution is -2.35. The zero-order valence-electron chi connectivity index (χ0n) is 18.4. The number of rotatable bonds is 7. The average Bonchev–Trinajstić information content (AvgIpc) is 2.86. The number of piperidine rings is 1. The van der Waals surface area contributed by atoms with E-state index in [2.05, 4.69) is 5.32 Å². The predicted molar refractivity (Wildman–Crippen MR) is 131 cm³/mol. The lowest BCUT2D eigenvalue weighted by molar-refractivity contribution is 0.102. The van der Waals surface area contributed by atoms with E-state index in [1.54, 1.807) is 17.8 Å². The van der Waals surface area contributed by atoms with E-state index in [0.717, 1.165) is 29.1 Å². The van der Waals surface area contributed by atoms with Gasteiger partial charge in [0.1, 0.15) is 10.6 Å². The van der Waals surface area contributed by atoms with Crippen LogP contribution < -0.4 is 10.1 Å². The molecule has 0 aromatic heterocycles. The molecule has 0 bridgehead atoms. The molecule has 1 N–H and O–H groups in total. The van der Waals surface area contributed by atoms with Crippen LogP contribution in [0.2, 0.25) is 0 Å². The first kappa shape index (κ1) is 23.4. The molecule has 0 unspecified atom stereocenters. The second-order valence-corrected chi connectivity index (χ2v) is 10.7. The third-order valence-electron chi connectivity index (χ3n) is 5.46. The Bertz CT molecular complexity index is 1220. The SMILES string of the molecule is COc1ccc(C(=O)Nc2ccccc2Sc2ccccc2)cc1S(=O)(=O)N1CCCCC1. The molecule has 4 rings (SSSR count). The van der Waals surface area contributed by atoms with E-state index in [1.807, 2.05) is 54.6 Å². The van der Waals surface area contributed by atoms with Crippen molar-refractivity contribution in [1.82, 2.24) is 4.31 Å². The number of nitrogens with one attached hydrogen (secondary N) is 1. The first-order chi connectivity index (χ1) is 16.0. The third-order valence-corrected chi connectivity index (χ3v) is 8.47. The van der Waals surface area contributed by atoms with E-state index in [4.69, 9.17) is 4.74 Å². The van der Waals surface area contributed by atoms with Crippen molar-refractivity contribution in [3.05, 3.63) is 78.4 Å². The second kappa shape index (κ2) is 10.4. The van der Waals surface area contributed by atoms with E-state index < -0.39 is 10.0 Å². The van der Waals surface area contributed by atoms with Gasteiger partial charge in [-0.25, -0.2) is 8.42 Å². The number of hydrogen-bond donors (Lipinski definition) is 1. The molecule has 172 valence electrons. The van der Waals surface area contributed by atoms with Gasteiger partial charge in [-0.3, -0.25) is 4.79 Å². The van der Waals surface area contributed by atoms with Crippen molar-refractivity contribution in [2.45, 2.75) is 33.9 Å². The second-order valence-electron chi connectivity index (χ2n) is 7.70. The Labute approximate surface area is 199 Å². The van der Waals surface area contributed by atoms with Gasteiger partial charge >= 0.3 is 0 Å². The van der Waals surface area contributed by atoms with Crippen molar-refractivity contribution >= 4 is 33.4 Å². The van der Waals surface area contributed by atoms with E-state index in [0.29, 0.717) is 18.8 Å². The van der Waals surface area contributed by atoms with E-state index in [9.17, 15) is 13.2 Å². The number of ether oxygens (including phenoxy) is 1. The molecular formula is C25H26N2O4S2. The molecule has 1 heterocycles. The van der Waals surface area contributed by atoms with Gasteiger partial charge in [0.25, 0.3) is 5.91 Å². The molecule has 1 aliphatic heterocycles. The van der Waals surface area contributed by atoms with Crippen LogP contribution in [-0.4, -0.2) is 38.8 Å². The summed E-state index contributed by atoms with van der Waals surface area (Å²) in [6.07, 6.45) is 2.68. The molecule has 8 heteroatoms. The summed E-state index contributed by atoms with van der Waals surface area (Å²) < 4.78 is 33.3. The summed E-state index contributed by atoms with van der Waals surface area (Å²) in [6.45, 7) is 0.956. The summed E-state index contributed by atoms with van der Waals surface area (Å²) in [5.74, 6) is -0.147. The summed E-state index contributed by atoms with van der Waals surface area (Å²) in [5.41, 5.74) is 0.915. The van der Waals surface area contributed by atoms with Crippen molar-refractivity contribution < 1.29 is 17.9 Å². The summed E-state index contributed by atoms with van der Waals surface area (Å²) in [7, 11) is -2.33. The number of hydrogen-bond acceptors (Lipinski definition) is 5. The van der Waals surface area contributed by atoms with Crippen LogP contribution in [0.5, 0.6) is 5.75 Å². The van der Waals surface area contributed by atoms with Crippen LogP contribution in [0.3, 0.4) is 0 Å². The van der Waals surface area contributed by atoms with Gasteiger partial charge in [0.05, 0.1) is 12.8 Å². The highest BCUT2D eigenvalue weighted by molar-refractivity contribution is 7.99. The topological polar surface area (TPSA) is 75.7 Å². The van der Waals surface area contributed by atoms with Crippen LogP contribution in [0.25, 0.3) is 0 Å². The number of carbonyl (C=O) groups is 1. The van der Waals surface area contributed by atoms with Crippen LogP contribution >= 0.6 is 11.8 Å². The van der Waals surface area contributed by atoms with Gasteiger partial charge in [-0.15, -0.1) is 0 Å². The van der Waals surface area contributed by atoms with Crippen LogP contribution in [0.4, 0.5) is 5.69 Å². The molecule has 3 aromatic rings. The highest BCUT2D eigenvalue weighted by Gasteiger charge is 2.29. The molecule has 0 spiro atoms. The van der Waals surface area contributed by atoms with Gasteiger partial charge in [0, 0.05) is 28.4 Å². The number of amides is 1. The Morgan fingerprint density at radius 1 is 0.939 bits per heavy atom. The Morgan fingerprint density at radius 2 is 1.64 bits per heavy atom. The smallest absolute Gasteiger partial charge is 0.255 e. The third kappa shape index (κ3) is 5.40. The molecule has 1 aliphatic rings. The summed E-state index contributed by atoms with van der Waals surface area (Å²) in [5, 5.41) is 2.93. The monoisotopic (exact) mass is 482 g/mol. The maximum Gasteiger partial charge on any atom is 0.255 e. The Hall–Kier alpha value is -2.81. The zero-order chi connectivity index (χ0) is 23.3. The number of carbonyl (C=O) groups excluding carboxylic acids is 1. The van der Waals surface area contributed by atoms with Crippen LogP contribution in [-0.2, 0) is 10.0 Å². The summed E-state index contributed by atoms with van der Waals surface area (Å²) in [6, 6.07) is 22.0. The summed E-state index contributed by atoms with van der Waals surface area (Å²) >= 11 is 1.55. The minimum Gasteiger partial charge on any atom is -0.495 e. The number of sulfonamides is 1. The normalized spacial score (nSPS) is 14.6. The van der Waals surface area contributed by atoms with Crippen molar-refractivity contribution in [2.24, 2.45) is 0 Å². The van der Waals surface area contributed by atoms with Crippen molar-refractivity contribution in [3.63, 3.8) is 0 Å². The number of nitrogens with zero attached hydrogens (tertiary/aromatic N) is 1. The van der Waals surface area contributed by atoms with Crippen LogP contribution in [0.15, 0.2) is 87.5 Å². The Balaban J connectivity index is 1.60. The zero-order valence-corrected chi connectivity index (χ0v) is 20.0. The largest absolute Gasteiger partial charge is 0.495 e. The molecule has 6 nitrogen and oxygen atoms in total. The lowest BCUT2D eigenvalue weighted by atomic mass is 10.2. The molecule has 1 amide bonds. The van der Waals surface area contributed by atoms with E-state index in [-0.39, 0.29) is 22.1 Å². The Kier molecular flexibility index (Phi) is 7.37. The first-order valence-corrected chi connectivity index (χ1v) is 13.1.